The Morgan fingerprint density at radius 2 is 1.96 bits per heavy atom. The van der Waals surface area contributed by atoms with Gasteiger partial charge in [-0.1, -0.05) is 29.8 Å². The van der Waals surface area contributed by atoms with Crippen molar-refractivity contribution in [2.75, 3.05) is 11.9 Å². The van der Waals surface area contributed by atoms with E-state index in [0.29, 0.717) is 21.8 Å². The molecule has 0 bridgehead atoms. The van der Waals surface area contributed by atoms with Gasteiger partial charge in [-0.2, -0.15) is 0 Å². The van der Waals surface area contributed by atoms with Crippen molar-refractivity contribution in [3.8, 4) is 0 Å². The van der Waals surface area contributed by atoms with Crippen LogP contribution in [0.1, 0.15) is 16.8 Å². The fourth-order valence-electron chi connectivity index (χ4n) is 3.54. The topological polar surface area (TPSA) is 56.3 Å². The SMILES string of the molecule is Cc1[nH]c2ccccc2c1C1(O)C(=O)N(C)c2ccc(Cl)cc21. The molecule has 4 nitrogen and oxygen atoms in total. The maximum absolute atomic E-state index is 12.9. The highest BCUT2D eigenvalue weighted by Crippen LogP contribution is 2.47. The van der Waals surface area contributed by atoms with E-state index in [4.69, 9.17) is 11.6 Å². The summed E-state index contributed by atoms with van der Waals surface area (Å²) >= 11 is 6.12. The zero-order valence-corrected chi connectivity index (χ0v) is 13.5. The monoisotopic (exact) mass is 326 g/mol. The van der Waals surface area contributed by atoms with Gasteiger partial charge in [-0.25, -0.2) is 0 Å². The molecule has 2 heterocycles. The van der Waals surface area contributed by atoms with Crippen LogP contribution in [0.15, 0.2) is 42.5 Å². The van der Waals surface area contributed by atoms with Crippen LogP contribution in [-0.2, 0) is 10.4 Å². The number of aromatic nitrogens is 1. The standard InChI is InChI=1S/C18H15ClN2O2/c1-10-16(12-5-3-4-6-14(12)20-10)18(23)13-9-11(19)7-8-15(13)21(2)17(18)22/h3-9,20,23H,1-2H3. The largest absolute Gasteiger partial charge is 0.372 e. The molecule has 1 amide bonds. The number of fused-ring (bicyclic) bond motifs is 2. The Morgan fingerprint density at radius 3 is 2.74 bits per heavy atom. The van der Waals surface area contributed by atoms with Gasteiger partial charge in [-0.15, -0.1) is 0 Å². The van der Waals surface area contributed by atoms with Crippen LogP contribution in [0.3, 0.4) is 0 Å². The fourth-order valence-corrected chi connectivity index (χ4v) is 3.71. The summed E-state index contributed by atoms with van der Waals surface area (Å²) in [6.45, 7) is 1.86. The van der Waals surface area contributed by atoms with Gasteiger partial charge in [0, 0.05) is 39.8 Å². The first kappa shape index (κ1) is 14.3. The molecule has 116 valence electrons. The van der Waals surface area contributed by atoms with Crippen molar-refractivity contribution >= 4 is 34.1 Å². The molecule has 5 heteroatoms. The van der Waals surface area contributed by atoms with Crippen molar-refractivity contribution in [3.63, 3.8) is 0 Å². The van der Waals surface area contributed by atoms with Crippen molar-refractivity contribution < 1.29 is 9.90 Å². The van der Waals surface area contributed by atoms with Crippen LogP contribution in [0.25, 0.3) is 10.9 Å². The van der Waals surface area contributed by atoms with Crippen LogP contribution < -0.4 is 4.90 Å². The van der Waals surface area contributed by atoms with Crippen LogP contribution in [0.2, 0.25) is 5.02 Å². The highest BCUT2D eigenvalue weighted by atomic mass is 35.5. The lowest BCUT2D eigenvalue weighted by molar-refractivity contribution is -0.131. The molecule has 1 aliphatic heterocycles. The molecule has 1 aliphatic rings. The van der Waals surface area contributed by atoms with E-state index in [1.54, 1.807) is 25.2 Å². The molecule has 0 saturated carbocycles. The zero-order chi connectivity index (χ0) is 16.4. The van der Waals surface area contributed by atoms with Gasteiger partial charge in [0.1, 0.15) is 0 Å². The Balaban J connectivity index is 2.10. The van der Waals surface area contributed by atoms with Gasteiger partial charge in [0.25, 0.3) is 5.91 Å². The number of benzene rings is 2. The minimum Gasteiger partial charge on any atom is -0.372 e. The third kappa shape index (κ3) is 1.73. The predicted octanol–water partition coefficient (Wildman–Crippen LogP) is 3.34. The second kappa shape index (κ2) is 4.60. The lowest BCUT2D eigenvalue weighted by Crippen LogP contribution is -2.39. The molecular formula is C18H15ClN2O2. The van der Waals surface area contributed by atoms with E-state index in [1.807, 2.05) is 31.2 Å². The Morgan fingerprint density at radius 1 is 1.22 bits per heavy atom. The third-order valence-electron chi connectivity index (χ3n) is 4.58. The van der Waals surface area contributed by atoms with E-state index >= 15 is 0 Å². The van der Waals surface area contributed by atoms with Crippen LogP contribution in [-0.4, -0.2) is 23.0 Å². The second-order valence-electron chi connectivity index (χ2n) is 5.91. The molecule has 1 unspecified atom stereocenters. The number of aliphatic hydroxyl groups is 1. The Bertz CT molecular complexity index is 963. The summed E-state index contributed by atoms with van der Waals surface area (Å²) in [5.41, 5.74) is 1.70. The number of carbonyl (C=O) groups is 1. The molecule has 2 aromatic carbocycles. The number of likely N-dealkylation sites (N-methyl/N-ethyl adjacent to an activating group) is 1. The number of nitrogens with zero attached hydrogens (tertiary/aromatic N) is 1. The van der Waals surface area contributed by atoms with E-state index in [2.05, 4.69) is 4.98 Å². The molecule has 0 aliphatic carbocycles. The number of nitrogens with one attached hydrogen (secondary N) is 1. The van der Waals surface area contributed by atoms with E-state index in [1.165, 1.54) is 4.90 Å². The van der Waals surface area contributed by atoms with Crippen molar-refractivity contribution in [1.82, 2.24) is 4.98 Å². The van der Waals surface area contributed by atoms with E-state index in [9.17, 15) is 9.90 Å². The van der Waals surface area contributed by atoms with Crippen molar-refractivity contribution in [2.45, 2.75) is 12.5 Å². The number of carbonyl (C=O) groups excluding carboxylic acids is 1. The summed E-state index contributed by atoms with van der Waals surface area (Å²) in [4.78, 5) is 17.6. The van der Waals surface area contributed by atoms with Gasteiger partial charge in [-0.3, -0.25) is 4.79 Å². The maximum Gasteiger partial charge on any atom is 0.268 e. The molecule has 0 radical (unpaired) electrons. The Labute approximate surface area is 138 Å². The molecule has 0 fully saturated rings. The summed E-state index contributed by atoms with van der Waals surface area (Å²) in [6.07, 6.45) is 0. The number of anilines is 1. The van der Waals surface area contributed by atoms with Gasteiger partial charge < -0.3 is 15.0 Å². The smallest absolute Gasteiger partial charge is 0.268 e. The molecule has 2 N–H and O–H groups in total. The lowest BCUT2D eigenvalue weighted by Gasteiger charge is -2.23. The Kier molecular flexibility index (Phi) is 2.86. The highest BCUT2D eigenvalue weighted by Gasteiger charge is 2.51. The summed E-state index contributed by atoms with van der Waals surface area (Å²) in [5, 5.41) is 12.8. The normalized spacial score (nSPS) is 20.3. The van der Waals surface area contributed by atoms with Crippen LogP contribution in [0.4, 0.5) is 5.69 Å². The quantitative estimate of drug-likeness (QED) is 0.720. The highest BCUT2D eigenvalue weighted by molar-refractivity contribution is 6.31. The first-order chi connectivity index (χ1) is 10.9. The minimum atomic E-state index is -1.74. The number of aryl methyl sites for hydroxylation is 1. The molecule has 1 aromatic heterocycles. The second-order valence-corrected chi connectivity index (χ2v) is 6.34. The molecule has 3 aromatic rings. The number of amides is 1. The molecule has 0 spiro atoms. The summed E-state index contributed by atoms with van der Waals surface area (Å²) in [7, 11) is 1.66. The first-order valence-electron chi connectivity index (χ1n) is 7.33. The molecule has 23 heavy (non-hydrogen) atoms. The molecule has 4 rings (SSSR count). The van der Waals surface area contributed by atoms with E-state index in [0.717, 1.165) is 16.6 Å². The number of para-hydroxylation sites is 1. The van der Waals surface area contributed by atoms with Crippen LogP contribution >= 0.6 is 11.6 Å². The van der Waals surface area contributed by atoms with Gasteiger partial charge >= 0.3 is 0 Å². The van der Waals surface area contributed by atoms with Crippen LogP contribution in [0, 0.1) is 6.92 Å². The van der Waals surface area contributed by atoms with Gasteiger partial charge in [-0.05, 0) is 31.2 Å². The van der Waals surface area contributed by atoms with Crippen molar-refractivity contribution in [3.05, 3.63) is 64.3 Å². The van der Waals surface area contributed by atoms with E-state index < -0.39 is 5.60 Å². The van der Waals surface area contributed by atoms with Gasteiger partial charge in [0.05, 0.1) is 5.69 Å². The number of hydrogen-bond acceptors (Lipinski definition) is 2. The van der Waals surface area contributed by atoms with Crippen molar-refractivity contribution in [2.24, 2.45) is 0 Å². The average molecular weight is 327 g/mol. The number of aromatic amines is 1. The predicted molar refractivity (Wildman–Crippen MR) is 90.9 cm³/mol. The number of halogens is 1. The molecular weight excluding hydrogens is 312 g/mol. The summed E-state index contributed by atoms with van der Waals surface area (Å²) in [6, 6.07) is 12.8. The summed E-state index contributed by atoms with van der Waals surface area (Å²) < 4.78 is 0. The minimum absolute atomic E-state index is 0.373. The van der Waals surface area contributed by atoms with E-state index in [-0.39, 0.29) is 5.91 Å². The third-order valence-corrected chi connectivity index (χ3v) is 4.81. The maximum atomic E-state index is 12.9. The van der Waals surface area contributed by atoms with Gasteiger partial charge in [0.2, 0.25) is 0 Å². The average Bonchev–Trinajstić information content (AvgIpc) is 2.96. The van der Waals surface area contributed by atoms with Crippen LogP contribution in [0.5, 0.6) is 0 Å². The summed E-state index contributed by atoms with van der Waals surface area (Å²) in [5.74, 6) is -0.373. The molecule has 1 atom stereocenters. The van der Waals surface area contributed by atoms with Gasteiger partial charge in [0.15, 0.2) is 5.60 Å². The lowest BCUT2D eigenvalue weighted by atomic mass is 9.85. The number of hydrogen-bond donors (Lipinski definition) is 2. The number of rotatable bonds is 1. The van der Waals surface area contributed by atoms with Crippen molar-refractivity contribution in [1.29, 1.82) is 0 Å². The molecule has 0 saturated heterocycles. The Hall–Kier alpha value is -2.30. The zero-order valence-electron chi connectivity index (χ0n) is 12.7. The first-order valence-corrected chi connectivity index (χ1v) is 7.70. The number of H-pyrrole nitrogens is 1. The fraction of sp³-hybridized carbons (Fsp3) is 0.167.